The summed E-state index contributed by atoms with van der Waals surface area (Å²) in [7, 11) is 0. The van der Waals surface area contributed by atoms with Gasteiger partial charge in [0.1, 0.15) is 5.00 Å². The Morgan fingerprint density at radius 3 is 2.81 bits per heavy atom. The van der Waals surface area contributed by atoms with Crippen molar-refractivity contribution in [3.05, 3.63) is 55.9 Å². The molecule has 0 fully saturated rings. The molecule has 0 bridgehead atoms. The molecular formula is C20H20Cl2N2O2S. The monoisotopic (exact) mass is 422 g/mol. The number of carbonyl (C=O) groups excluding carboxylic acids is 2. The molecule has 1 atom stereocenters. The number of nitrogens with one attached hydrogen (secondary N) is 1. The van der Waals surface area contributed by atoms with Crippen molar-refractivity contribution >= 4 is 57.4 Å². The maximum atomic E-state index is 12.4. The van der Waals surface area contributed by atoms with Gasteiger partial charge < -0.3 is 11.1 Å². The minimum Gasteiger partial charge on any atom is -0.365 e. The summed E-state index contributed by atoms with van der Waals surface area (Å²) >= 11 is 13.4. The molecule has 2 amide bonds. The first-order chi connectivity index (χ1) is 12.9. The lowest BCUT2D eigenvalue weighted by Gasteiger charge is -2.20. The number of hydrogen-bond donors (Lipinski definition) is 2. The Morgan fingerprint density at radius 2 is 2.15 bits per heavy atom. The van der Waals surface area contributed by atoms with Gasteiger partial charge in [0.2, 0.25) is 5.91 Å². The Morgan fingerprint density at radius 1 is 1.37 bits per heavy atom. The lowest BCUT2D eigenvalue weighted by Crippen LogP contribution is -2.19. The molecule has 142 valence electrons. The summed E-state index contributed by atoms with van der Waals surface area (Å²) < 4.78 is 0. The summed E-state index contributed by atoms with van der Waals surface area (Å²) in [5.41, 5.74) is 7.73. The lowest BCUT2D eigenvalue weighted by molar-refractivity contribution is -0.111. The molecule has 1 aliphatic carbocycles. The highest BCUT2D eigenvalue weighted by Crippen LogP contribution is 2.40. The molecule has 2 aromatic rings. The Balaban J connectivity index is 1.80. The molecule has 1 unspecified atom stereocenters. The molecule has 0 aliphatic heterocycles. The van der Waals surface area contributed by atoms with Crippen LogP contribution in [0.5, 0.6) is 0 Å². The molecule has 1 aromatic heterocycles. The number of benzene rings is 1. The Bertz CT molecular complexity index is 921. The first kappa shape index (κ1) is 19.9. The van der Waals surface area contributed by atoms with Crippen LogP contribution in [0.1, 0.15) is 46.1 Å². The zero-order valence-electron chi connectivity index (χ0n) is 14.9. The molecule has 4 nitrogen and oxygen atoms in total. The Hall–Kier alpha value is -1.82. The van der Waals surface area contributed by atoms with Crippen molar-refractivity contribution in [1.82, 2.24) is 0 Å². The van der Waals surface area contributed by atoms with E-state index in [1.807, 2.05) is 0 Å². The number of halogens is 2. The van der Waals surface area contributed by atoms with Crippen LogP contribution in [0.4, 0.5) is 5.00 Å². The van der Waals surface area contributed by atoms with Crippen LogP contribution in [-0.4, -0.2) is 11.8 Å². The fourth-order valence-electron chi connectivity index (χ4n) is 3.31. The van der Waals surface area contributed by atoms with Crippen LogP contribution < -0.4 is 11.1 Å². The van der Waals surface area contributed by atoms with Crippen LogP contribution in [0, 0.1) is 5.92 Å². The fourth-order valence-corrected chi connectivity index (χ4v) is 5.15. The standard InChI is InChI=1S/C20H20Cl2N2O2S/c1-2-11-3-7-14-16(9-11)27-20(18(14)19(23)26)24-17(25)8-5-12-4-6-13(21)10-15(12)22/h4-6,8,10-11H,2-3,7,9H2,1H3,(H2,23,26)(H,24,25). The highest BCUT2D eigenvalue weighted by atomic mass is 35.5. The van der Waals surface area contributed by atoms with Gasteiger partial charge in [-0.1, -0.05) is 42.6 Å². The lowest BCUT2D eigenvalue weighted by atomic mass is 9.85. The van der Waals surface area contributed by atoms with Crippen molar-refractivity contribution in [2.24, 2.45) is 11.7 Å². The quantitative estimate of drug-likeness (QED) is 0.639. The van der Waals surface area contributed by atoms with Crippen molar-refractivity contribution in [2.75, 3.05) is 5.32 Å². The van der Waals surface area contributed by atoms with Crippen molar-refractivity contribution in [2.45, 2.75) is 32.6 Å². The molecule has 3 N–H and O–H groups in total. The summed E-state index contributed by atoms with van der Waals surface area (Å²) in [4.78, 5) is 25.5. The average Bonchev–Trinajstić information content (AvgIpc) is 2.97. The van der Waals surface area contributed by atoms with Gasteiger partial charge >= 0.3 is 0 Å². The summed E-state index contributed by atoms with van der Waals surface area (Å²) in [5, 5.41) is 4.32. The predicted molar refractivity (Wildman–Crippen MR) is 113 cm³/mol. The Kier molecular flexibility index (Phi) is 6.25. The molecule has 1 heterocycles. The van der Waals surface area contributed by atoms with E-state index >= 15 is 0 Å². The summed E-state index contributed by atoms with van der Waals surface area (Å²) in [6.07, 6.45) is 6.90. The van der Waals surface area contributed by atoms with Gasteiger partial charge in [0.25, 0.3) is 5.91 Å². The van der Waals surface area contributed by atoms with Gasteiger partial charge in [-0.25, -0.2) is 0 Å². The third-order valence-electron chi connectivity index (χ3n) is 4.80. The van der Waals surface area contributed by atoms with Crippen LogP contribution >= 0.6 is 34.5 Å². The highest BCUT2D eigenvalue weighted by molar-refractivity contribution is 7.17. The van der Waals surface area contributed by atoms with Crippen LogP contribution in [0.15, 0.2) is 24.3 Å². The zero-order chi connectivity index (χ0) is 19.6. The molecule has 0 spiro atoms. The van der Waals surface area contributed by atoms with E-state index in [1.54, 1.807) is 24.3 Å². The minimum absolute atomic E-state index is 0.339. The number of carbonyl (C=O) groups is 2. The Labute approximate surface area is 172 Å². The van der Waals surface area contributed by atoms with Crippen molar-refractivity contribution in [3.63, 3.8) is 0 Å². The normalized spacial score (nSPS) is 16.3. The third-order valence-corrected chi connectivity index (χ3v) is 6.54. The van der Waals surface area contributed by atoms with E-state index in [0.29, 0.717) is 32.1 Å². The van der Waals surface area contributed by atoms with E-state index in [1.165, 1.54) is 17.4 Å². The van der Waals surface area contributed by atoms with Gasteiger partial charge in [0, 0.05) is 21.0 Å². The van der Waals surface area contributed by atoms with Crippen LogP contribution in [0.2, 0.25) is 10.0 Å². The number of anilines is 1. The van der Waals surface area contributed by atoms with Gasteiger partial charge in [-0.3, -0.25) is 9.59 Å². The minimum atomic E-state index is -0.498. The van der Waals surface area contributed by atoms with Crippen molar-refractivity contribution in [1.29, 1.82) is 0 Å². The second-order valence-electron chi connectivity index (χ2n) is 6.58. The maximum Gasteiger partial charge on any atom is 0.251 e. The van der Waals surface area contributed by atoms with E-state index in [0.717, 1.165) is 36.1 Å². The fraction of sp³-hybridized carbons (Fsp3) is 0.300. The SMILES string of the molecule is CCC1CCc2c(sc(NC(=O)C=Cc3ccc(Cl)cc3Cl)c2C(N)=O)C1. The van der Waals surface area contributed by atoms with Gasteiger partial charge in [-0.2, -0.15) is 0 Å². The van der Waals surface area contributed by atoms with Crippen LogP contribution in [-0.2, 0) is 17.6 Å². The number of rotatable bonds is 5. The predicted octanol–water partition coefficient (Wildman–Crippen LogP) is 5.32. The molecule has 1 aliphatic rings. The van der Waals surface area contributed by atoms with Gasteiger partial charge in [0.15, 0.2) is 0 Å². The van der Waals surface area contributed by atoms with Gasteiger partial charge in [0.05, 0.1) is 5.56 Å². The van der Waals surface area contributed by atoms with Crippen LogP contribution in [0.3, 0.4) is 0 Å². The first-order valence-electron chi connectivity index (χ1n) is 8.77. The molecule has 0 radical (unpaired) electrons. The second kappa shape index (κ2) is 8.46. The highest BCUT2D eigenvalue weighted by Gasteiger charge is 2.27. The second-order valence-corrected chi connectivity index (χ2v) is 8.53. The number of amides is 2. The van der Waals surface area contributed by atoms with Crippen LogP contribution in [0.25, 0.3) is 6.08 Å². The summed E-state index contributed by atoms with van der Waals surface area (Å²) in [5.74, 6) is -0.219. The summed E-state index contributed by atoms with van der Waals surface area (Å²) in [6.45, 7) is 2.17. The molecule has 0 saturated carbocycles. The third kappa shape index (κ3) is 4.54. The topological polar surface area (TPSA) is 72.2 Å². The van der Waals surface area contributed by atoms with E-state index in [-0.39, 0.29) is 5.91 Å². The number of nitrogens with two attached hydrogens (primary N) is 1. The van der Waals surface area contributed by atoms with Gasteiger partial charge in [-0.15, -0.1) is 11.3 Å². The van der Waals surface area contributed by atoms with E-state index < -0.39 is 5.91 Å². The van der Waals surface area contributed by atoms with Gasteiger partial charge in [-0.05, 0) is 54.5 Å². The molecule has 27 heavy (non-hydrogen) atoms. The van der Waals surface area contributed by atoms with Crippen molar-refractivity contribution in [3.8, 4) is 0 Å². The number of hydrogen-bond acceptors (Lipinski definition) is 3. The number of thiophene rings is 1. The largest absolute Gasteiger partial charge is 0.365 e. The molecule has 0 saturated heterocycles. The molecule has 1 aromatic carbocycles. The van der Waals surface area contributed by atoms with E-state index in [4.69, 9.17) is 28.9 Å². The average molecular weight is 423 g/mol. The van der Waals surface area contributed by atoms with Crippen molar-refractivity contribution < 1.29 is 9.59 Å². The van der Waals surface area contributed by atoms with E-state index in [2.05, 4.69) is 12.2 Å². The first-order valence-corrected chi connectivity index (χ1v) is 10.3. The smallest absolute Gasteiger partial charge is 0.251 e. The molecule has 7 heteroatoms. The van der Waals surface area contributed by atoms with E-state index in [9.17, 15) is 9.59 Å². The summed E-state index contributed by atoms with van der Waals surface area (Å²) in [6, 6.07) is 5.05. The molecular weight excluding hydrogens is 403 g/mol. The maximum absolute atomic E-state index is 12.4. The zero-order valence-corrected chi connectivity index (χ0v) is 17.2. The number of fused-ring (bicyclic) bond motifs is 1. The molecule has 3 rings (SSSR count). The number of primary amides is 1.